The third-order valence-electron chi connectivity index (χ3n) is 3.34. The lowest BCUT2D eigenvalue weighted by atomic mass is 10.1. The Kier molecular flexibility index (Phi) is 4.32. The quantitative estimate of drug-likeness (QED) is 0.868. The summed E-state index contributed by atoms with van der Waals surface area (Å²) >= 11 is 1.69. The van der Waals surface area contributed by atoms with Crippen molar-refractivity contribution in [2.45, 2.75) is 38.8 Å². The largest absolute Gasteiger partial charge is 0.311 e. The topological polar surface area (TPSA) is 28.2 Å². The molecule has 0 saturated carbocycles. The van der Waals surface area contributed by atoms with E-state index in [4.69, 9.17) is 0 Å². The lowest BCUT2D eigenvalue weighted by molar-refractivity contribution is 0.133. The molecule has 0 amide bonds. The van der Waals surface area contributed by atoms with E-state index in [0.717, 1.165) is 19.5 Å². The standard InChI is InChI=1S/C12H21N3S/c1-3-12-6-13-10(2)7-15(12)5-4-11-8-16-9-14-11/h8-10,12-13H,3-7H2,1-2H3. The van der Waals surface area contributed by atoms with E-state index in [1.807, 2.05) is 5.51 Å². The summed E-state index contributed by atoms with van der Waals surface area (Å²) in [4.78, 5) is 6.96. The van der Waals surface area contributed by atoms with Crippen LogP contribution in [0.15, 0.2) is 10.9 Å². The van der Waals surface area contributed by atoms with Crippen LogP contribution in [0.5, 0.6) is 0 Å². The third-order valence-corrected chi connectivity index (χ3v) is 3.97. The molecule has 1 saturated heterocycles. The van der Waals surface area contributed by atoms with Crippen LogP contribution in [0.1, 0.15) is 26.0 Å². The Hall–Kier alpha value is -0.450. The number of piperazine rings is 1. The van der Waals surface area contributed by atoms with Gasteiger partial charge in [0, 0.05) is 43.5 Å². The molecule has 90 valence electrons. The van der Waals surface area contributed by atoms with Gasteiger partial charge >= 0.3 is 0 Å². The smallest absolute Gasteiger partial charge is 0.0794 e. The number of thiazole rings is 1. The fourth-order valence-electron chi connectivity index (χ4n) is 2.33. The number of rotatable bonds is 4. The van der Waals surface area contributed by atoms with E-state index >= 15 is 0 Å². The van der Waals surface area contributed by atoms with Gasteiger partial charge in [-0.05, 0) is 13.3 Å². The van der Waals surface area contributed by atoms with Gasteiger partial charge in [-0.2, -0.15) is 0 Å². The molecule has 2 atom stereocenters. The molecule has 1 fully saturated rings. The van der Waals surface area contributed by atoms with E-state index in [1.54, 1.807) is 11.3 Å². The van der Waals surface area contributed by atoms with Crippen molar-refractivity contribution in [1.29, 1.82) is 0 Å². The Morgan fingerprint density at radius 3 is 3.19 bits per heavy atom. The minimum atomic E-state index is 0.623. The summed E-state index contributed by atoms with van der Waals surface area (Å²) in [6.45, 7) is 7.99. The van der Waals surface area contributed by atoms with E-state index in [1.165, 1.54) is 18.7 Å². The second kappa shape index (κ2) is 5.75. The van der Waals surface area contributed by atoms with E-state index in [-0.39, 0.29) is 0 Å². The minimum Gasteiger partial charge on any atom is -0.311 e. The summed E-state index contributed by atoms with van der Waals surface area (Å²) in [6.07, 6.45) is 2.32. The van der Waals surface area contributed by atoms with Gasteiger partial charge in [-0.3, -0.25) is 4.90 Å². The Labute approximate surface area is 102 Å². The normalized spacial score (nSPS) is 27.1. The first-order chi connectivity index (χ1) is 7.79. The van der Waals surface area contributed by atoms with Crippen molar-refractivity contribution in [1.82, 2.24) is 15.2 Å². The van der Waals surface area contributed by atoms with Gasteiger partial charge < -0.3 is 5.32 Å². The zero-order valence-corrected chi connectivity index (χ0v) is 11.0. The Morgan fingerprint density at radius 2 is 2.50 bits per heavy atom. The van der Waals surface area contributed by atoms with Crippen molar-refractivity contribution < 1.29 is 0 Å². The van der Waals surface area contributed by atoms with Crippen molar-refractivity contribution in [3.8, 4) is 0 Å². The molecule has 1 aliphatic rings. The predicted molar refractivity (Wildman–Crippen MR) is 68.9 cm³/mol. The average molecular weight is 239 g/mol. The molecule has 16 heavy (non-hydrogen) atoms. The van der Waals surface area contributed by atoms with Crippen molar-refractivity contribution >= 4 is 11.3 Å². The molecule has 1 aromatic rings. The molecule has 1 aromatic heterocycles. The molecule has 2 rings (SSSR count). The van der Waals surface area contributed by atoms with Crippen molar-refractivity contribution in [2.75, 3.05) is 19.6 Å². The minimum absolute atomic E-state index is 0.623. The number of hydrogen-bond donors (Lipinski definition) is 1. The highest BCUT2D eigenvalue weighted by Gasteiger charge is 2.23. The molecule has 1 N–H and O–H groups in total. The Bertz CT molecular complexity index is 299. The number of hydrogen-bond acceptors (Lipinski definition) is 4. The molecule has 0 bridgehead atoms. The summed E-state index contributed by atoms with van der Waals surface area (Å²) < 4.78 is 0. The summed E-state index contributed by atoms with van der Waals surface area (Å²) in [5, 5.41) is 5.71. The van der Waals surface area contributed by atoms with Gasteiger partial charge in [-0.25, -0.2) is 4.98 Å². The summed E-state index contributed by atoms with van der Waals surface area (Å²) in [5.41, 5.74) is 3.17. The maximum Gasteiger partial charge on any atom is 0.0794 e. The molecule has 0 radical (unpaired) electrons. The maximum absolute atomic E-state index is 4.35. The molecule has 2 unspecified atom stereocenters. The molecule has 0 spiro atoms. The van der Waals surface area contributed by atoms with Crippen LogP contribution in [0.2, 0.25) is 0 Å². The fraction of sp³-hybridized carbons (Fsp3) is 0.750. The van der Waals surface area contributed by atoms with Crippen LogP contribution < -0.4 is 5.32 Å². The molecule has 3 nitrogen and oxygen atoms in total. The predicted octanol–water partition coefficient (Wildman–Crippen LogP) is 1.76. The fourth-order valence-corrected chi connectivity index (χ4v) is 2.92. The zero-order valence-electron chi connectivity index (χ0n) is 10.1. The molecule has 4 heteroatoms. The lowest BCUT2D eigenvalue weighted by Crippen LogP contribution is -2.55. The number of nitrogens with zero attached hydrogens (tertiary/aromatic N) is 2. The monoisotopic (exact) mass is 239 g/mol. The van der Waals surface area contributed by atoms with Crippen LogP contribution in [0.25, 0.3) is 0 Å². The SMILES string of the molecule is CCC1CNC(C)CN1CCc1cscn1. The highest BCUT2D eigenvalue weighted by Crippen LogP contribution is 2.11. The van der Waals surface area contributed by atoms with E-state index in [0.29, 0.717) is 12.1 Å². The summed E-state index contributed by atoms with van der Waals surface area (Å²) in [6, 6.07) is 1.33. The van der Waals surface area contributed by atoms with Crippen LogP contribution in [-0.2, 0) is 6.42 Å². The molecule has 1 aliphatic heterocycles. The molecular weight excluding hydrogens is 218 g/mol. The van der Waals surface area contributed by atoms with Crippen LogP contribution in [-0.4, -0.2) is 41.6 Å². The van der Waals surface area contributed by atoms with Gasteiger partial charge in [0.1, 0.15) is 0 Å². The Morgan fingerprint density at radius 1 is 1.62 bits per heavy atom. The third kappa shape index (κ3) is 3.03. The van der Waals surface area contributed by atoms with Crippen molar-refractivity contribution in [3.63, 3.8) is 0 Å². The van der Waals surface area contributed by atoms with Gasteiger partial charge in [0.25, 0.3) is 0 Å². The first kappa shape index (κ1) is 12.0. The van der Waals surface area contributed by atoms with E-state index < -0.39 is 0 Å². The second-order valence-corrected chi connectivity index (χ2v) is 5.31. The van der Waals surface area contributed by atoms with Crippen molar-refractivity contribution in [2.24, 2.45) is 0 Å². The van der Waals surface area contributed by atoms with Crippen LogP contribution in [0, 0.1) is 0 Å². The molecule has 0 aromatic carbocycles. The van der Waals surface area contributed by atoms with Crippen molar-refractivity contribution in [3.05, 3.63) is 16.6 Å². The first-order valence-electron chi connectivity index (χ1n) is 6.14. The van der Waals surface area contributed by atoms with Crippen LogP contribution in [0.4, 0.5) is 0 Å². The highest BCUT2D eigenvalue weighted by molar-refractivity contribution is 7.07. The number of nitrogens with one attached hydrogen (secondary N) is 1. The second-order valence-electron chi connectivity index (χ2n) is 4.60. The van der Waals surface area contributed by atoms with Gasteiger partial charge in [-0.15, -0.1) is 11.3 Å². The zero-order chi connectivity index (χ0) is 11.4. The average Bonchev–Trinajstić information content (AvgIpc) is 2.79. The summed E-state index contributed by atoms with van der Waals surface area (Å²) in [5.74, 6) is 0. The van der Waals surface area contributed by atoms with Gasteiger partial charge in [-0.1, -0.05) is 6.92 Å². The van der Waals surface area contributed by atoms with Crippen LogP contribution in [0.3, 0.4) is 0 Å². The van der Waals surface area contributed by atoms with Gasteiger partial charge in [0.2, 0.25) is 0 Å². The van der Waals surface area contributed by atoms with Gasteiger partial charge in [0.15, 0.2) is 0 Å². The highest BCUT2D eigenvalue weighted by atomic mass is 32.1. The lowest BCUT2D eigenvalue weighted by Gasteiger charge is -2.39. The maximum atomic E-state index is 4.35. The first-order valence-corrected chi connectivity index (χ1v) is 7.08. The van der Waals surface area contributed by atoms with E-state index in [9.17, 15) is 0 Å². The van der Waals surface area contributed by atoms with E-state index in [2.05, 4.69) is 34.4 Å². The number of aromatic nitrogens is 1. The summed E-state index contributed by atoms with van der Waals surface area (Å²) in [7, 11) is 0. The van der Waals surface area contributed by atoms with Gasteiger partial charge in [0.05, 0.1) is 11.2 Å². The molecule has 2 heterocycles. The molecular formula is C12H21N3S. The Balaban J connectivity index is 1.85. The molecule has 0 aliphatic carbocycles. The van der Waals surface area contributed by atoms with Crippen LogP contribution >= 0.6 is 11.3 Å².